The molecule has 2 fully saturated rings. The Bertz CT molecular complexity index is 471. The minimum absolute atomic E-state index is 0.0832. The summed E-state index contributed by atoms with van der Waals surface area (Å²) in [5, 5.41) is 0. The maximum atomic E-state index is 12.4. The first-order valence-electron chi connectivity index (χ1n) is 6.87. The van der Waals surface area contributed by atoms with Crippen LogP contribution in [0.2, 0.25) is 0 Å². The Labute approximate surface area is 113 Å². The third kappa shape index (κ3) is 2.46. The van der Waals surface area contributed by atoms with E-state index in [-0.39, 0.29) is 12.1 Å². The van der Waals surface area contributed by atoms with Gasteiger partial charge in [-0.1, -0.05) is 0 Å². The summed E-state index contributed by atoms with van der Waals surface area (Å²) < 4.78 is 5.52. The van der Waals surface area contributed by atoms with Crippen LogP contribution in [-0.4, -0.2) is 33.1 Å². The van der Waals surface area contributed by atoms with Gasteiger partial charge in [0.1, 0.15) is 5.60 Å². The lowest BCUT2D eigenvalue weighted by Crippen LogP contribution is -2.37. The molecule has 1 amide bonds. The van der Waals surface area contributed by atoms with Crippen LogP contribution in [-0.2, 0) is 4.74 Å². The maximum absolute atomic E-state index is 12.4. The van der Waals surface area contributed by atoms with Crippen LogP contribution in [0.1, 0.15) is 51.8 Å². The monoisotopic (exact) mass is 263 g/mol. The highest BCUT2D eigenvalue weighted by atomic mass is 16.6. The first-order valence-corrected chi connectivity index (χ1v) is 6.87. The molecule has 19 heavy (non-hydrogen) atoms. The largest absolute Gasteiger partial charge is 0.444 e. The highest BCUT2D eigenvalue weighted by Gasteiger charge is 2.54. The molecular formula is C14H21N3O2. The number of nitrogens with one attached hydrogen (secondary N) is 1. The van der Waals surface area contributed by atoms with Crippen LogP contribution in [0.3, 0.4) is 0 Å². The second-order valence-electron chi connectivity index (χ2n) is 6.84. The highest BCUT2D eigenvalue weighted by molar-refractivity contribution is 5.69. The van der Waals surface area contributed by atoms with Crippen molar-refractivity contribution in [1.82, 2.24) is 14.9 Å². The molecule has 1 atom stereocenters. The van der Waals surface area contributed by atoms with E-state index in [1.54, 1.807) is 6.33 Å². The Morgan fingerprint density at radius 3 is 2.79 bits per heavy atom. The summed E-state index contributed by atoms with van der Waals surface area (Å²) in [7, 11) is 0. The van der Waals surface area contributed by atoms with Gasteiger partial charge in [0.05, 0.1) is 24.3 Å². The SMILES string of the molecule is CC(C)(C)OC(=O)N1CC2(CC2)CC1c1cnc[nH]1. The van der Waals surface area contributed by atoms with Crippen molar-refractivity contribution in [2.24, 2.45) is 5.41 Å². The van der Waals surface area contributed by atoms with Crippen molar-refractivity contribution in [2.45, 2.75) is 51.7 Å². The van der Waals surface area contributed by atoms with Gasteiger partial charge in [0.2, 0.25) is 0 Å². The first-order chi connectivity index (χ1) is 8.89. The van der Waals surface area contributed by atoms with Gasteiger partial charge in [-0.3, -0.25) is 4.90 Å². The quantitative estimate of drug-likeness (QED) is 0.847. The first kappa shape index (κ1) is 12.5. The third-order valence-electron chi connectivity index (χ3n) is 3.97. The zero-order valence-electron chi connectivity index (χ0n) is 11.8. The van der Waals surface area contributed by atoms with Crippen LogP contribution in [0.25, 0.3) is 0 Å². The number of H-pyrrole nitrogens is 1. The fraction of sp³-hybridized carbons (Fsp3) is 0.714. The number of nitrogens with zero attached hydrogens (tertiary/aromatic N) is 2. The number of carbonyl (C=O) groups is 1. The predicted octanol–water partition coefficient (Wildman–Crippen LogP) is 2.87. The minimum Gasteiger partial charge on any atom is -0.444 e. The maximum Gasteiger partial charge on any atom is 0.410 e. The Morgan fingerprint density at radius 1 is 1.53 bits per heavy atom. The van der Waals surface area contributed by atoms with Crippen LogP contribution in [0.4, 0.5) is 4.79 Å². The number of aromatic nitrogens is 2. The van der Waals surface area contributed by atoms with Crippen molar-refractivity contribution in [3.8, 4) is 0 Å². The molecule has 1 aromatic heterocycles. The number of rotatable bonds is 1. The molecule has 5 heteroatoms. The lowest BCUT2D eigenvalue weighted by molar-refractivity contribution is 0.0215. The van der Waals surface area contributed by atoms with Crippen LogP contribution < -0.4 is 0 Å². The van der Waals surface area contributed by atoms with Crippen molar-refractivity contribution in [1.29, 1.82) is 0 Å². The van der Waals surface area contributed by atoms with Gasteiger partial charge in [-0.2, -0.15) is 0 Å². The van der Waals surface area contributed by atoms with Crippen molar-refractivity contribution in [3.63, 3.8) is 0 Å². The van der Waals surface area contributed by atoms with E-state index in [1.165, 1.54) is 12.8 Å². The summed E-state index contributed by atoms with van der Waals surface area (Å²) in [5.74, 6) is 0. The van der Waals surface area contributed by atoms with Gasteiger partial charge in [0.25, 0.3) is 0 Å². The summed E-state index contributed by atoms with van der Waals surface area (Å²) in [6.07, 6.45) is 6.72. The molecule has 0 radical (unpaired) electrons. The standard InChI is InChI=1S/C14H21N3O2/c1-13(2,3)19-12(18)17-8-14(4-5-14)6-11(17)10-7-15-9-16-10/h7,9,11H,4-6,8H2,1-3H3,(H,15,16). The van der Waals surface area contributed by atoms with E-state index in [2.05, 4.69) is 9.97 Å². The number of amides is 1. The van der Waals surface area contributed by atoms with Crippen LogP contribution in [0.15, 0.2) is 12.5 Å². The van der Waals surface area contributed by atoms with Gasteiger partial charge >= 0.3 is 6.09 Å². The molecule has 1 aromatic rings. The Balaban J connectivity index is 1.80. The average Bonchev–Trinajstić information content (AvgIpc) is 2.76. The second kappa shape index (κ2) is 3.99. The summed E-state index contributed by atoms with van der Waals surface area (Å²) in [6, 6.07) is 0.0832. The number of ether oxygens (including phenoxy) is 1. The number of aromatic amines is 1. The molecule has 2 heterocycles. The number of carbonyl (C=O) groups excluding carboxylic acids is 1. The lowest BCUT2D eigenvalue weighted by Gasteiger charge is -2.28. The minimum atomic E-state index is -0.449. The van der Waals surface area contributed by atoms with Gasteiger partial charge in [-0.05, 0) is 45.4 Å². The van der Waals surface area contributed by atoms with E-state index < -0.39 is 5.60 Å². The number of likely N-dealkylation sites (tertiary alicyclic amines) is 1. The number of hydrogen-bond acceptors (Lipinski definition) is 3. The fourth-order valence-corrected chi connectivity index (χ4v) is 2.83. The zero-order chi connectivity index (χ0) is 13.7. The van der Waals surface area contributed by atoms with Crippen molar-refractivity contribution < 1.29 is 9.53 Å². The van der Waals surface area contributed by atoms with Crippen LogP contribution in [0.5, 0.6) is 0 Å². The molecule has 0 bridgehead atoms. The molecular weight excluding hydrogens is 242 g/mol. The summed E-state index contributed by atoms with van der Waals surface area (Å²) in [4.78, 5) is 21.4. The Hall–Kier alpha value is -1.52. The van der Waals surface area contributed by atoms with Crippen molar-refractivity contribution >= 4 is 6.09 Å². The third-order valence-corrected chi connectivity index (χ3v) is 3.97. The van der Waals surface area contributed by atoms with Crippen molar-refractivity contribution in [3.05, 3.63) is 18.2 Å². The van der Waals surface area contributed by atoms with E-state index in [0.29, 0.717) is 5.41 Å². The lowest BCUT2D eigenvalue weighted by atomic mass is 10.0. The van der Waals surface area contributed by atoms with Gasteiger partial charge in [0.15, 0.2) is 0 Å². The molecule has 3 rings (SSSR count). The summed E-state index contributed by atoms with van der Waals surface area (Å²) in [6.45, 7) is 6.52. The van der Waals surface area contributed by atoms with Crippen molar-refractivity contribution in [2.75, 3.05) is 6.54 Å². The van der Waals surface area contributed by atoms with Gasteiger partial charge < -0.3 is 9.72 Å². The van der Waals surface area contributed by atoms with E-state index in [0.717, 1.165) is 18.7 Å². The Kier molecular flexibility index (Phi) is 2.62. The van der Waals surface area contributed by atoms with E-state index in [4.69, 9.17) is 4.74 Å². The Morgan fingerprint density at radius 2 is 2.26 bits per heavy atom. The normalized spacial score (nSPS) is 24.8. The van der Waals surface area contributed by atoms with Crippen LogP contribution in [0, 0.1) is 5.41 Å². The molecule has 1 aliphatic carbocycles. The molecule has 1 saturated heterocycles. The molecule has 5 nitrogen and oxygen atoms in total. The van der Waals surface area contributed by atoms with E-state index in [1.807, 2.05) is 31.9 Å². The van der Waals surface area contributed by atoms with E-state index >= 15 is 0 Å². The van der Waals surface area contributed by atoms with Crippen LogP contribution >= 0.6 is 0 Å². The number of hydrogen-bond donors (Lipinski definition) is 1. The molecule has 1 saturated carbocycles. The summed E-state index contributed by atoms with van der Waals surface area (Å²) in [5.41, 5.74) is 0.899. The molecule has 2 aliphatic rings. The zero-order valence-corrected chi connectivity index (χ0v) is 11.8. The molecule has 1 spiro atoms. The molecule has 1 unspecified atom stereocenters. The number of imidazole rings is 1. The average molecular weight is 263 g/mol. The van der Waals surface area contributed by atoms with Gasteiger partial charge in [-0.25, -0.2) is 9.78 Å². The molecule has 104 valence electrons. The van der Waals surface area contributed by atoms with Gasteiger partial charge in [-0.15, -0.1) is 0 Å². The van der Waals surface area contributed by atoms with E-state index in [9.17, 15) is 4.79 Å². The summed E-state index contributed by atoms with van der Waals surface area (Å²) >= 11 is 0. The second-order valence-corrected chi connectivity index (χ2v) is 6.84. The molecule has 0 aromatic carbocycles. The highest BCUT2D eigenvalue weighted by Crippen LogP contribution is 2.58. The topological polar surface area (TPSA) is 58.2 Å². The van der Waals surface area contributed by atoms with Gasteiger partial charge in [0, 0.05) is 6.54 Å². The smallest absolute Gasteiger partial charge is 0.410 e. The molecule has 1 N–H and O–H groups in total. The molecule has 1 aliphatic heterocycles. The predicted molar refractivity (Wildman–Crippen MR) is 70.6 cm³/mol. The fourth-order valence-electron chi connectivity index (χ4n) is 2.83.